The Morgan fingerprint density at radius 1 is 1.33 bits per heavy atom. The number of nitrogens with one attached hydrogen (secondary N) is 1. The van der Waals surface area contributed by atoms with Crippen LogP contribution in [0.4, 0.5) is 0 Å². The van der Waals surface area contributed by atoms with E-state index in [-0.39, 0.29) is 31.4 Å². The lowest BCUT2D eigenvalue weighted by Crippen LogP contribution is -2.15. The van der Waals surface area contributed by atoms with Crippen LogP contribution in [0.15, 0.2) is 24.4 Å². The number of hydrogen-bond donors (Lipinski definition) is 2. The molecule has 1 aliphatic rings. The van der Waals surface area contributed by atoms with Crippen LogP contribution in [0.3, 0.4) is 0 Å². The van der Waals surface area contributed by atoms with Crippen molar-refractivity contribution in [2.45, 2.75) is 5.92 Å². The lowest BCUT2D eigenvalue weighted by Gasteiger charge is -2.14. The number of aliphatic hydroxyl groups excluding tert-OH is 1. The molecule has 0 aromatic carbocycles. The van der Waals surface area contributed by atoms with E-state index < -0.39 is 0 Å². The predicted octanol–water partition coefficient (Wildman–Crippen LogP) is 1.22. The molecule has 0 spiro atoms. The summed E-state index contributed by atoms with van der Waals surface area (Å²) in [5.74, 6) is 0.709. The van der Waals surface area contributed by atoms with Gasteiger partial charge in [0.1, 0.15) is 0 Å². The average Bonchev–Trinajstić information content (AvgIpc) is 2.67. The molecule has 1 saturated heterocycles. The second kappa shape index (κ2) is 7.01. The number of hydrogen-bond acceptors (Lipinski definition) is 3. The topological polar surface area (TPSA) is 45.1 Å². The van der Waals surface area contributed by atoms with Gasteiger partial charge in [0, 0.05) is 43.4 Å². The van der Waals surface area contributed by atoms with Crippen LogP contribution in [0.2, 0.25) is 0 Å². The highest BCUT2D eigenvalue weighted by Crippen LogP contribution is 2.25. The Labute approximate surface area is 102 Å². The van der Waals surface area contributed by atoms with Crippen LogP contribution >= 0.6 is 24.8 Å². The van der Waals surface area contributed by atoms with Gasteiger partial charge in [-0.2, -0.15) is 0 Å². The third kappa shape index (κ3) is 3.31. The average molecular weight is 251 g/mol. The highest BCUT2D eigenvalue weighted by molar-refractivity contribution is 5.85. The largest absolute Gasteiger partial charge is 0.396 e. The zero-order chi connectivity index (χ0) is 9.10. The first-order chi connectivity index (χ1) is 6.42. The third-order valence-corrected chi connectivity index (χ3v) is 2.64. The molecule has 0 radical (unpaired) electrons. The van der Waals surface area contributed by atoms with E-state index >= 15 is 0 Å². The molecule has 86 valence electrons. The van der Waals surface area contributed by atoms with E-state index in [1.54, 1.807) is 0 Å². The van der Waals surface area contributed by atoms with Crippen LogP contribution in [0.5, 0.6) is 0 Å². The van der Waals surface area contributed by atoms with Gasteiger partial charge in [0.25, 0.3) is 0 Å². The highest BCUT2D eigenvalue weighted by atomic mass is 35.5. The molecule has 2 atom stereocenters. The number of rotatable bonds is 2. The minimum atomic E-state index is 0. The van der Waals surface area contributed by atoms with Crippen LogP contribution in [0.1, 0.15) is 11.6 Å². The Kier molecular flexibility index (Phi) is 6.85. The van der Waals surface area contributed by atoms with Gasteiger partial charge < -0.3 is 10.4 Å². The molecule has 0 saturated carbocycles. The van der Waals surface area contributed by atoms with E-state index in [0.717, 1.165) is 18.8 Å². The molecule has 2 unspecified atom stereocenters. The summed E-state index contributed by atoms with van der Waals surface area (Å²) in [4.78, 5) is 4.31. The molecule has 5 heteroatoms. The smallest absolute Gasteiger partial charge is 0.0478 e. The first-order valence-electron chi connectivity index (χ1n) is 4.64. The van der Waals surface area contributed by atoms with Crippen molar-refractivity contribution in [3.63, 3.8) is 0 Å². The Hall–Kier alpha value is -0.350. The van der Waals surface area contributed by atoms with Crippen LogP contribution < -0.4 is 5.32 Å². The third-order valence-electron chi connectivity index (χ3n) is 2.64. The second-order valence-electron chi connectivity index (χ2n) is 3.46. The van der Waals surface area contributed by atoms with E-state index in [9.17, 15) is 0 Å². The molecule has 1 aromatic heterocycles. The number of aliphatic hydroxyl groups is 1. The standard InChI is InChI=1S/C10H14N2O.2ClH/c13-7-8-5-11-6-9(8)10-3-1-2-4-12-10;;/h1-4,8-9,11,13H,5-7H2;2*1H. The molecular formula is C10H16Cl2N2O. The molecule has 3 nitrogen and oxygen atoms in total. The molecule has 0 bridgehead atoms. The zero-order valence-electron chi connectivity index (χ0n) is 8.30. The minimum Gasteiger partial charge on any atom is -0.396 e. The second-order valence-corrected chi connectivity index (χ2v) is 3.46. The van der Waals surface area contributed by atoms with Gasteiger partial charge in [0.05, 0.1) is 0 Å². The lowest BCUT2D eigenvalue weighted by molar-refractivity contribution is 0.225. The first-order valence-corrected chi connectivity index (χ1v) is 4.64. The lowest BCUT2D eigenvalue weighted by atomic mass is 9.93. The summed E-state index contributed by atoms with van der Waals surface area (Å²) in [6, 6.07) is 5.94. The maximum Gasteiger partial charge on any atom is 0.0478 e. The van der Waals surface area contributed by atoms with Crippen molar-refractivity contribution in [2.24, 2.45) is 5.92 Å². The normalized spacial score (nSPS) is 24.1. The van der Waals surface area contributed by atoms with Crippen molar-refractivity contribution in [3.8, 4) is 0 Å². The maximum atomic E-state index is 9.13. The fourth-order valence-electron chi connectivity index (χ4n) is 1.87. The van der Waals surface area contributed by atoms with E-state index in [1.807, 2.05) is 24.4 Å². The Bertz CT molecular complexity index is 271. The van der Waals surface area contributed by atoms with Crippen molar-refractivity contribution in [3.05, 3.63) is 30.1 Å². The SMILES string of the molecule is Cl.Cl.OCC1CNCC1c1ccccn1. The van der Waals surface area contributed by atoms with Gasteiger partial charge in [-0.1, -0.05) is 6.07 Å². The van der Waals surface area contributed by atoms with E-state index in [0.29, 0.717) is 11.8 Å². The number of nitrogens with zero attached hydrogens (tertiary/aromatic N) is 1. The predicted molar refractivity (Wildman–Crippen MR) is 64.9 cm³/mol. The molecule has 2 rings (SSSR count). The quantitative estimate of drug-likeness (QED) is 0.830. The molecule has 1 fully saturated rings. The van der Waals surface area contributed by atoms with Gasteiger partial charge in [-0.25, -0.2) is 0 Å². The molecular weight excluding hydrogens is 235 g/mol. The van der Waals surface area contributed by atoms with Crippen LogP contribution in [-0.2, 0) is 0 Å². The summed E-state index contributed by atoms with van der Waals surface area (Å²) in [5, 5.41) is 12.4. The number of aromatic nitrogens is 1. The molecule has 2 N–H and O–H groups in total. The molecule has 0 aliphatic carbocycles. The summed E-state index contributed by atoms with van der Waals surface area (Å²) in [5.41, 5.74) is 1.09. The van der Waals surface area contributed by atoms with Crippen LogP contribution in [0, 0.1) is 5.92 Å². The van der Waals surface area contributed by atoms with Crippen molar-refractivity contribution in [2.75, 3.05) is 19.7 Å². The van der Waals surface area contributed by atoms with Crippen molar-refractivity contribution in [1.29, 1.82) is 0 Å². The number of pyridine rings is 1. The van der Waals surface area contributed by atoms with Gasteiger partial charge in [0.15, 0.2) is 0 Å². The zero-order valence-corrected chi connectivity index (χ0v) is 9.93. The minimum absolute atomic E-state index is 0. The molecule has 15 heavy (non-hydrogen) atoms. The molecule has 1 aliphatic heterocycles. The molecule has 1 aromatic rings. The fraction of sp³-hybridized carbons (Fsp3) is 0.500. The Balaban J connectivity index is 0.000000980. The Morgan fingerprint density at radius 2 is 2.13 bits per heavy atom. The molecule has 0 amide bonds. The van der Waals surface area contributed by atoms with Crippen LogP contribution in [-0.4, -0.2) is 29.8 Å². The highest BCUT2D eigenvalue weighted by Gasteiger charge is 2.28. The van der Waals surface area contributed by atoms with Gasteiger partial charge >= 0.3 is 0 Å². The van der Waals surface area contributed by atoms with Gasteiger partial charge in [-0.3, -0.25) is 4.98 Å². The van der Waals surface area contributed by atoms with E-state index in [2.05, 4.69) is 10.3 Å². The van der Waals surface area contributed by atoms with E-state index in [1.165, 1.54) is 0 Å². The summed E-state index contributed by atoms with van der Waals surface area (Å²) in [6.45, 7) is 2.08. The van der Waals surface area contributed by atoms with Crippen molar-refractivity contribution in [1.82, 2.24) is 10.3 Å². The maximum absolute atomic E-state index is 9.13. The van der Waals surface area contributed by atoms with Gasteiger partial charge in [-0.05, 0) is 12.1 Å². The van der Waals surface area contributed by atoms with Crippen LogP contribution in [0.25, 0.3) is 0 Å². The number of halogens is 2. The summed E-state index contributed by atoms with van der Waals surface area (Å²) < 4.78 is 0. The van der Waals surface area contributed by atoms with Crippen molar-refractivity contribution < 1.29 is 5.11 Å². The Morgan fingerprint density at radius 3 is 2.73 bits per heavy atom. The monoisotopic (exact) mass is 250 g/mol. The fourth-order valence-corrected chi connectivity index (χ4v) is 1.87. The van der Waals surface area contributed by atoms with Gasteiger partial charge in [-0.15, -0.1) is 24.8 Å². The molecule has 2 heterocycles. The summed E-state index contributed by atoms with van der Waals surface area (Å²) in [7, 11) is 0. The summed E-state index contributed by atoms with van der Waals surface area (Å²) >= 11 is 0. The van der Waals surface area contributed by atoms with Gasteiger partial charge in [0.2, 0.25) is 0 Å². The van der Waals surface area contributed by atoms with E-state index in [4.69, 9.17) is 5.11 Å². The van der Waals surface area contributed by atoms with Crippen molar-refractivity contribution >= 4 is 24.8 Å². The first kappa shape index (κ1) is 14.6. The summed E-state index contributed by atoms with van der Waals surface area (Å²) in [6.07, 6.45) is 1.81.